The molecular formula is C18H19NO4S. The van der Waals surface area contributed by atoms with Crippen LogP contribution in [0, 0.1) is 0 Å². The van der Waals surface area contributed by atoms with Gasteiger partial charge in [-0.2, -0.15) is 0 Å². The molecule has 2 aromatic carbocycles. The third-order valence-corrected chi connectivity index (χ3v) is 5.39. The van der Waals surface area contributed by atoms with E-state index in [9.17, 15) is 9.00 Å². The van der Waals surface area contributed by atoms with Crippen molar-refractivity contribution >= 4 is 22.4 Å². The van der Waals surface area contributed by atoms with Crippen LogP contribution in [0.5, 0.6) is 11.5 Å². The van der Waals surface area contributed by atoms with Crippen molar-refractivity contribution in [1.82, 2.24) is 0 Å². The summed E-state index contributed by atoms with van der Waals surface area (Å²) in [5, 5.41) is -0.527. The number of benzene rings is 2. The summed E-state index contributed by atoms with van der Waals surface area (Å²) in [4.78, 5) is 14.2. The van der Waals surface area contributed by atoms with Crippen LogP contribution in [0.1, 0.15) is 11.6 Å². The van der Waals surface area contributed by atoms with E-state index in [-0.39, 0.29) is 11.9 Å². The van der Waals surface area contributed by atoms with E-state index in [0.717, 1.165) is 22.7 Å². The Morgan fingerprint density at radius 1 is 0.917 bits per heavy atom. The van der Waals surface area contributed by atoms with E-state index in [4.69, 9.17) is 9.47 Å². The molecule has 0 spiro atoms. The quantitative estimate of drug-likeness (QED) is 0.782. The number of methoxy groups -OCH3 is 2. The van der Waals surface area contributed by atoms with E-state index in [2.05, 4.69) is 0 Å². The van der Waals surface area contributed by atoms with Crippen molar-refractivity contribution in [1.29, 1.82) is 0 Å². The first kappa shape index (κ1) is 16.5. The molecule has 126 valence electrons. The minimum atomic E-state index is -1.24. The zero-order chi connectivity index (χ0) is 17.3. The molecule has 1 unspecified atom stereocenters. The highest BCUT2D eigenvalue weighted by molar-refractivity contribution is 7.86. The summed E-state index contributed by atoms with van der Waals surface area (Å²) in [5.74, 6) is 1.35. The summed E-state index contributed by atoms with van der Waals surface area (Å²) in [7, 11) is 1.97. The van der Waals surface area contributed by atoms with Crippen molar-refractivity contribution in [3.05, 3.63) is 54.1 Å². The summed E-state index contributed by atoms with van der Waals surface area (Å²) in [5.41, 5.74) is 1.70. The van der Waals surface area contributed by atoms with Gasteiger partial charge in [-0.15, -0.1) is 0 Å². The molecule has 6 heteroatoms. The van der Waals surface area contributed by atoms with Gasteiger partial charge in [0, 0.05) is 22.7 Å². The molecule has 1 aliphatic heterocycles. The largest absolute Gasteiger partial charge is 0.497 e. The van der Waals surface area contributed by atoms with E-state index in [1.807, 2.05) is 48.5 Å². The normalized spacial score (nSPS) is 21.1. The van der Waals surface area contributed by atoms with Gasteiger partial charge in [-0.3, -0.25) is 9.00 Å². The van der Waals surface area contributed by atoms with Crippen LogP contribution in [-0.4, -0.2) is 35.8 Å². The van der Waals surface area contributed by atoms with Crippen LogP contribution in [-0.2, 0) is 15.6 Å². The smallest absolute Gasteiger partial charge is 0.245 e. The summed E-state index contributed by atoms with van der Waals surface area (Å²) in [6, 6.07) is 14.6. The van der Waals surface area contributed by atoms with Gasteiger partial charge in [0.05, 0.1) is 20.3 Å². The van der Waals surface area contributed by atoms with Gasteiger partial charge in [-0.05, 0) is 42.0 Å². The molecule has 0 N–H and O–H groups in total. The average Bonchev–Trinajstić information content (AvgIpc) is 2.60. The van der Waals surface area contributed by atoms with Gasteiger partial charge in [-0.25, -0.2) is 0 Å². The summed E-state index contributed by atoms with van der Waals surface area (Å²) in [6.07, 6.45) is 1.57. The molecule has 1 amide bonds. The number of rotatable bonds is 5. The fourth-order valence-electron chi connectivity index (χ4n) is 2.94. The fourth-order valence-corrected chi connectivity index (χ4v) is 3.98. The number of amides is 1. The van der Waals surface area contributed by atoms with Gasteiger partial charge in [0.2, 0.25) is 5.91 Å². The third-order valence-electron chi connectivity index (χ3n) is 4.21. The van der Waals surface area contributed by atoms with Crippen molar-refractivity contribution in [3.63, 3.8) is 0 Å². The van der Waals surface area contributed by atoms with E-state index in [1.54, 1.807) is 25.4 Å². The molecule has 0 aliphatic carbocycles. The molecule has 2 aromatic rings. The molecule has 1 saturated heterocycles. The van der Waals surface area contributed by atoms with Crippen LogP contribution in [0.15, 0.2) is 48.5 Å². The monoisotopic (exact) mass is 345 g/mol. The Hall–Kier alpha value is -2.34. The fraction of sp³-hybridized carbons (Fsp3) is 0.278. The van der Waals surface area contributed by atoms with Crippen molar-refractivity contribution in [2.24, 2.45) is 0 Å². The van der Waals surface area contributed by atoms with Crippen molar-refractivity contribution < 1.29 is 18.5 Å². The van der Waals surface area contributed by atoms with Crippen molar-refractivity contribution in [2.75, 3.05) is 25.4 Å². The van der Waals surface area contributed by atoms with Crippen LogP contribution in [0.2, 0.25) is 0 Å². The average molecular weight is 345 g/mol. The molecule has 0 radical (unpaired) electrons. The topological polar surface area (TPSA) is 55.8 Å². The zero-order valence-corrected chi connectivity index (χ0v) is 14.6. The molecule has 1 heterocycles. The van der Waals surface area contributed by atoms with Crippen LogP contribution in [0.25, 0.3) is 0 Å². The van der Waals surface area contributed by atoms with Crippen LogP contribution in [0.4, 0.5) is 5.69 Å². The van der Waals surface area contributed by atoms with E-state index in [1.165, 1.54) is 0 Å². The Morgan fingerprint density at radius 3 is 1.88 bits per heavy atom. The third kappa shape index (κ3) is 2.78. The maximum atomic E-state index is 12.5. The molecule has 24 heavy (non-hydrogen) atoms. The molecular weight excluding hydrogens is 326 g/mol. The maximum Gasteiger partial charge on any atom is 0.245 e. The Kier molecular flexibility index (Phi) is 4.57. The lowest BCUT2D eigenvalue weighted by atomic mass is 9.92. The van der Waals surface area contributed by atoms with Crippen molar-refractivity contribution in [2.45, 2.75) is 11.3 Å². The van der Waals surface area contributed by atoms with Gasteiger partial charge in [0.1, 0.15) is 16.7 Å². The second-order valence-electron chi connectivity index (χ2n) is 5.54. The lowest BCUT2D eigenvalue weighted by Crippen LogP contribution is -2.60. The Balaban J connectivity index is 1.96. The highest BCUT2D eigenvalue weighted by Gasteiger charge is 2.51. The first-order valence-corrected chi connectivity index (χ1v) is 9.12. The van der Waals surface area contributed by atoms with Gasteiger partial charge in [-0.1, -0.05) is 12.1 Å². The number of nitrogens with zero attached hydrogens (tertiary/aromatic N) is 1. The van der Waals surface area contributed by atoms with E-state index < -0.39 is 16.0 Å². The molecule has 0 saturated carbocycles. The number of hydrogen-bond acceptors (Lipinski definition) is 4. The van der Waals surface area contributed by atoms with Crippen molar-refractivity contribution in [3.8, 4) is 11.5 Å². The molecule has 5 nitrogen and oxygen atoms in total. The van der Waals surface area contributed by atoms with Crippen LogP contribution >= 0.6 is 0 Å². The second kappa shape index (κ2) is 6.65. The first-order chi connectivity index (χ1) is 11.6. The molecule has 3 atom stereocenters. The molecule has 0 bridgehead atoms. The van der Waals surface area contributed by atoms with Gasteiger partial charge >= 0.3 is 0 Å². The second-order valence-corrected chi connectivity index (χ2v) is 7.05. The summed E-state index contributed by atoms with van der Waals surface area (Å²) in [6.45, 7) is 0. The maximum absolute atomic E-state index is 12.5. The zero-order valence-electron chi connectivity index (χ0n) is 13.8. The van der Waals surface area contributed by atoms with Gasteiger partial charge < -0.3 is 14.4 Å². The van der Waals surface area contributed by atoms with E-state index >= 15 is 0 Å². The van der Waals surface area contributed by atoms with Gasteiger partial charge in [0.25, 0.3) is 0 Å². The summed E-state index contributed by atoms with van der Waals surface area (Å²) < 4.78 is 22.4. The molecule has 0 aromatic heterocycles. The van der Waals surface area contributed by atoms with Crippen LogP contribution in [0.3, 0.4) is 0 Å². The lowest BCUT2D eigenvalue weighted by Gasteiger charge is -2.46. The minimum absolute atomic E-state index is 0.123. The number of anilines is 1. The molecule has 1 aliphatic rings. The summed E-state index contributed by atoms with van der Waals surface area (Å²) >= 11 is 0. The number of carbonyl (C=O) groups is 1. The minimum Gasteiger partial charge on any atom is -0.497 e. The number of hydrogen-bond donors (Lipinski definition) is 0. The van der Waals surface area contributed by atoms with Crippen LogP contribution < -0.4 is 14.4 Å². The molecule has 1 fully saturated rings. The SMILES string of the molecule is COc1ccc([C@@H]2[C@H](S(C)=O)C(=O)N2c2ccc(OC)cc2)cc1. The lowest BCUT2D eigenvalue weighted by molar-refractivity contribution is -0.123. The number of β-lactam (4-membered cyclic amide) rings is 1. The Bertz CT molecular complexity index is 758. The number of carbonyl (C=O) groups excluding carboxylic acids is 1. The molecule has 3 rings (SSSR count). The van der Waals surface area contributed by atoms with Gasteiger partial charge in [0.15, 0.2) is 0 Å². The Labute approximate surface area is 143 Å². The highest BCUT2D eigenvalue weighted by atomic mass is 32.2. The predicted molar refractivity (Wildman–Crippen MR) is 94.1 cm³/mol. The highest BCUT2D eigenvalue weighted by Crippen LogP contribution is 2.42. The first-order valence-electron chi connectivity index (χ1n) is 7.50. The van der Waals surface area contributed by atoms with E-state index in [0.29, 0.717) is 0 Å². The standard InChI is InChI=1S/C18H19NO4S/c1-22-14-8-4-12(5-9-14)16-17(24(3)21)18(20)19(16)13-6-10-15(23-2)11-7-13/h4-11,16-17H,1-3H3/t16-,17+,24?/m1/s1. The predicted octanol–water partition coefficient (Wildman–Crippen LogP) is 2.54. The number of ether oxygens (including phenoxy) is 2. The Morgan fingerprint density at radius 2 is 1.42 bits per heavy atom.